The molecular weight excluding hydrogens is 326 g/mol. The van der Waals surface area contributed by atoms with Crippen molar-refractivity contribution < 1.29 is 4.79 Å². The molecule has 26 heavy (non-hydrogen) atoms. The molecule has 2 aromatic heterocycles. The Balaban J connectivity index is 1.72. The fourth-order valence-corrected chi connectivity index (χ4v) is 3.21. The van der Waals surface area contributed by atoms with Gasteiger partial charge in [0.15, 0.2) is 0 Å². The first-order chi connectivity index (χ1) is 12.4. The molecule has 0 saturated heterocycles. The average molecular weight is 349 g/mol. The van der Waals surface area contributed by atoms with Crippen LogP contribution in [0.2, 0.25) is 0 Å². The van der Waals surface area contributed by atoms with Crippen molar-refractivity contribution in [1.82, 2.24) is 25.2 Å². The van der Waals surface area contributed by atoms with Gasteiger partial charge in [-0.25, -0.2) is 4.98 Å². The van der Waals surface area contributed by atoms with E-state index in [9.17, 15) is 4.79 Å². The maximum atomic E-state index is 12.2. The van der Waals surface area contributed by atoms with Gasteiger partial charge >= 0.3 is 0 Å². The van der Waals surface area contributed by atoms with E-state index < -0.39 is 0 Å². The van der Waals surface area contributed by atoms with Gasteiger partial charge in [0.2, 0.25) is 0 Å². The average Bonchev–Trinajstić information content (AvgIpc) is 2.89. The second-order valence-electron chi connectivity index (χ2n) is 7.70. The summed E-state index contributed by atoms with van der Waals surface area (Å²) in [5.74, 6) is 0.790. The largest absolute Gasteiger partial charge is 0.350 e. The fraction of sp³-hybridized carbons (Fsp3) is 0.350. The maximum Gasteiger partial charge on any atom is 0.255 e. The van der Waals surface area contributed by atoms with Crippen LogP contribution in [-0.4, -0.2) is 32.5 Å². The van der Waals surface area contributed by atoms with E-state index in [1.165, 1.54) is 5.56 Å². The van der Waals surface area contributed by atoms with Crippen molar-refractivity contribution in [3.05, 3.63) is 47.8 Å². The molecule has 0 fully saturated rings. The fourth-order valence-electron chi connectivity index (χ4n) is 3.21. The van der Waals surface area contributed by atoms with Crippen LogP contribution < -0.4 is 10.6 Å². The first-order valence-corrected chi connectivity index (χ1v) is 8.89. The first kappa shape index (κ1) is 16.7. The van der Waals surface area contributed by atoms with E-state index in [1.54, 1.807) is 12.4 Å². The summed E-state index contributed by atoms with van der Waals surface area (Å²) in [6, 6.07) is 8.44. The number of amides is 1. The van der Waals surface area contributed by atoms with Crippen molar-refractivity contribution in [1.29, 1.82) is 0 Å². The molecule has 1 aromatic carbocycles. The van der Waals surface area contributed by atoms with Gasteiger partial charge in [-0.1, -0.05) is 24.3 Å². The molecule has 0 unspecified atom stereocenters. The summed E-state index contributed by atoms with van der Waals surface area (Å²) >= 11 is 0. The summed E-state index contributed by atoms with van der Waals surface area (Å²) in [5, 5.41) is 6.42. The highest BCUT2D eigenvalue weighted by molar-refractivity contribution is 6.05. The summed E-state index contributed by atoms with van der Waals surface area (Å²) in [7, 11) is 0. The van der Waals surface area contributed by atoms with Crippen LogP contribution in [0.15, 0.2) is 36.7 Å². The van der Waals surface area contributed by atoms with Crippen molar-refractivity contribution in [2.75, 3.05) is 6.54 Å². The number of aromatic nitrogens is 3. The van der Waals surface area contributed by atoms with Crippen LogP contribution in [0.5, 0.6) is 0 Å². The third kappa shape index (κ3) is 3.08. The smallest absolute Gasteiger partial charge is 0.255 e. The van der Waals surface area contributed by atoms with E-state index in [0.717, 1.165) is 29.0 Å². The third-order valence-electron chi connectivity index (χ3n) is 4.55. The van der Waals surface area contributed by atoms with Crippen molar-refractivity contribution >= 4 is 16.9 Å². The molecule has 1 amide bonds. The van der Waals surface area contributed by atoms with Crippen molar-refractivity contribution in [3.8, 4) is 11.4 Å². The third-order valence-corrected chi connectivity index (χ3v) is 4.55. The van der Waals surface area contributed by atoms with Gasteiger partial charge in [0.1, 0.15) is 11.3 Å². The molecule has 0 radical (unpaired) electrons. The minimum Gasteiger partial charge on any atom is -0.350 e. The van der Waals surface area contributed by atoms with Crippen LogP contribution in [0.4, 0.5) is 0 Å². The molecule has 1 aliphatic rings. The second kappa shape index (κ2) is 6.21. The maximum absolute atomic E-state index is 12.2. The summed E-state index contributed by atoms with van der Waals surface area (Å²) in [4.78, 5) is 21.2. The van der Waals surface area contributed by atoms with Crippen molar-refractivity contribution in [2.45, 2.75) is 39.4 Å². The Morgan fingerprint density at radius 3 is 2.69 bits per heavy atom. The predicted octanol–water partition coefficient (Wildman–Crippen LogP) is 2.73. The van der Waals surface area contributed by atoms with Gasteiger partial charge in [-0.3, -0.25) is 9.78 Å². The van der Waals surface area contributed by atoms with Crippen LogP contribution in [0.25, 0.3) is 22.4 Å². The molecule has 0 aliphatic carbocycles. The SMILES string of the molecule is CC(C)(C)NCc1ccc(-c2nc3cncc4c3n2CCNC4=O)cc1. The number of carbonyl (C=O) groups excluding carboxylic acids is 1. The van der Waals surface area contributed by atoms with E-state index in [-0.39, 0.29) is 11.4 Å². The number of rotatable bonds is 3. The summed E-state index contributed by atoms with van der Waals surface area (Å²) in [5.41, 5.74) is 4.57. The molecule has 3 aromatic rings. The van der Waals surface area contributed by atoms with Crippen LogP contribution >= 0.6 is 0 Å². The normalized spacial score (nSPS) is 14.3. The molecule has 0 spiro atoms. The number of benzene rings is 1. The van der Waals surface area contributed by atoms with Crippen LogP contribution in [0, 0.1) is 0 Å². The molecule has 4 rings (SSSR count). The number of nitrogens with one attached hydrogen (secondary N) is 2. The zero-order valence-corrected chi connectivity index (χ0v) is 15.3. The Labute approximate surface area is 152 Å². The highest BCUT2D eigenvalue weighted by atomic mass is 16.1. The van der Waals surface area contributed by atoms with Crippen molar-refractivity contribution in [2.24, 2.45) is 0 Å². The molecule has 0 bridgehead atoms. The van der Waals surface area contributed by atoms with Crippen LogP contribution in [-0.2, 0) is 13.1 Å². The van der Waals surface area contributed by atoms with Crippen LogP contribution in [0.3, 0.4) is 0 Å². The number of pyridine rings is 1. The Morgan fingerprint density at radius 1 is 1.19 bits per heavy atom. The molecule has 1 aliphatic heterocycles. The Kier molecular flexibility index (Phi) is 4.00. The lowest BCUT2D eigenvalue weighted by molar-refractivity contribution is 0.0956. The number of hydrogen-bond donors (Lipinski definition) is 2. The van der Waals surface area contributed by atoms with Gasteiger partial charge in [0.05, 0.1) is 17.3 Å². The predicted molar refractivity (Wildman–Crippen MR) is 102 cm³/mol. The van der Waals surface area contributed by atoms with E-state index in [0.29, 0.717) is 18.7 Å². The van der Waals surface area contributed by atoms with Gasteiger partial charge < -0.3 is 15.2 Å². The lowest BCUT2D eigenvalue weighted by Gasteiger charge is -2.20. The lowest BCUT2D eigenvalue weighted by atomic mass is 10.1. The molecular formula is C20H23N5O. The highest BCUT2D eigenvalue weighted by Gasteiger charge is 2.22. The van der Waals surface area contributed by atoms with Gasteiger partial charge in [0.25, 0.3) is 5.91 Å². The number of imidazole rings is 1. The quantitative estimate of drug-likeness (QED) is 0.763. The molecule has 0 atom stereocenters. The van der Waals surface area contributed by atoms with Gasteiger partial charge in [-0.15, -0.1) is 0 Å². The minimum absolute atomic E-state index is 0.0862. The number of nitrogens with zero attached hydrogens (tertiary/aromatic N) is 3. The molecule has 6 heteroatoms. The molecule has 134 valence electrons. The summed E-state index contributed by atoms with van der Waals surface area (Å²) < 4.78 is 2.12. The highest BCUT2D eigenvalue weighted by Crippen LogP contribution is 2.28. The van der Waals surface area contributed by atoms with Crippen molar-refractivity contribution in [3.63, 3.8) is 0 Å². The molecule has 3 heterocycles. The topological polar surface area (TPSA) is 71.8 Å². The van der Waals surface area contributed by atoms with E-state index in [4.69, 9.17) is 4.98 Å². The summed E-state index contributed by atoms with van der Waals surface area (Å²) in [6.45, 7) is 8.58. The monoisotopic (exact) mass is 349 g/mol. The van der Waals surface area contributed by atoms with Gasteiger partial charge in [-0.05, 0) is 26.3 Å². The Hall–Kier alpha value is -2.73. The minimum atomic E-state index is -0.0862. The van der Waals surface area contributed by atoms with E-state index >= 15 is 0 Å². The lowest BCUT2D eigenvalue weighted by Crippen LogP contribution is -2.35. The van der Waals surface area contributed by atoms with Gasteiger partial charge in [-0.2, -0.15) is 0 Å². The zero-order chi connectivity index (χ0) is 18.3. The van der Waals surface area contributed by atoms with E-state index in [1.807, 2.05) is 0 Å². The molecule has 0 saturated carbocycles. The standard InChI is InChI=1S/C20H23N5O/c1-20(2,3)23-10-13-4-6-14(7-5-13)18-24-16-12-21-11-15-17(16)25(18)9-8-22-19(15)26/h4-7,11-12,23H,8-10H2,1-3H3,(H,22,26). The number of hydrogen-bond acceptors (Lipinski definition) is 4. The molecule has 2 N–H and O–H groups in total. The second-order valence-corrected chi connectivity index (χ2v) is 7.70. The Morgan fingerprint density at radius 2 is 1.96 bits per heavy atom. The summed E-state index contributed by atoms with van der Waals surface area (Å²) in [6.07, 6.45) is 3.34. The zero-order valence-electron chi connectivity index (χ0n) is 15.3. The van der Waals surface area contributed by atoms with Gasteiger partial charge in [0, 0.05) is 36.9 Å². The first-order valence-electron chi connectivity index (χ1n) is 8.89. The van der Waals surface area contributed by atoms with E-state index in [2.05, 4.69) is 65.2 Å². The molecule has 6 nitrogen and oxygen atoms in total. The Bertz CT molecular complexity index is 966. The number of carbonyl (C=O) groups is 1. The van der Waals surface area contributed by atoms with Crippen LogP contribution in [0.1, 0.15) is 36.7 Å².